The van der Waals surface area contributed by atoms with Crippen LogP contribution in [0.1, 0.15) is 32.4 Å². The van der Waals surface area contributed by atoms with Crippen molar-refractivity contribution in [1.82, 2.24) is 10.2 Å². The molecule has 1 aliphatic rings. The van der Waals surface area contributed by atoms with Crippen LogP contribution in [0.15, 0.2) is 18.2 Å². The molecule has 1 aromatic carbocycles. The van der Waals surface area contributed by atoms with Crippen molar-refractivity contribution in [3.05, 3.63) is 35.4 Å². The molecule has 0 aromatic heterocycles. The van der Waals surface area contributed by atoms with Crippen LogP contribution >= 0.6 is 24.8 Å². The van der Waals surface area contributed by atoms with Gasteiger partial charge >= 0.3 is 0 Å². The highest BCUT2D eigenvalue weighted by molar-refractivity contribution is 5.85. The zero-order valence-corrected chi connectivity index (χ0v) is 14.3. The maximum atomic E-state index is 14.1. The van der Waals surface area contributed by atoms with E-state index in [9.17, 15) is 8.78 Å². The molecule has 6 heteroatoms. The number of hydrogen-bond donors (Lipinski definition) is 1. The van der Waals surface area contributed by atoms with Gasteiger partial charge in [-0.25, -0.2) is 8.78 Å². The summed E-state index contributed by atoms with van der Waals surface area (Å²) in [6.07, 6.45) is 0. The molecule has 1 aromatic rings. The molecule has 1 aliphatic heterocycles. The summed E-state index contributed by atoms with van der Waals surface area (Å²) in [5.41, 5.74) is 0.320. The molecule has 1 atom stereocenters. The maximum Gasteiger partial charge on any atom is 0.163 e. The summed E-state index contributed by atoms with van der Waals surface area (Å²) in [6.45, 7) is 9.72. The highest BCUT2D eigenvalue weighted by Gasteiger charge is 2.34. The van der Waals surface area contributed by atoms with Gasteiger partial charge in [-0.2, -0.15) is 0 Å². The van der Waals surface area contributed by atoms with E-state index < -0.39 is 11.6 Å². The van der Waals surface area contributed by atoms with Crippen LogP contribution in [0.5, 0.6) is 0 Å². The monoisotopic (exact) mass is 340 g/mol. The zero-order valence-electron chi connectivity index (χ0n) is 12.7. The molecule has 2 rings (SSSR count). The number of nitrogens with zero attached hydrogens (tertiary/aromatic N) is 1. The fourth-order valence-electron chi connectivity index (χ4n) is 2.88. The third kappa shape index (κ3) is 4.78. The van der Waals surface area contributed by atoms with E-state index in [0.29, 0.717) is 5.56 Å². The van der Waals surface area contributed by atoms with Crippen LogP contribution < -0.4 is 5.32 Å². The van der Waals surface area contributed by atoms with Gasteiger partial charge in [-0.15, -0.1) is 24.8 Å². The van der Waals surface area contributed by atoms with E-state index in [4.69, 9.17) is 0 Å². The van der Waals surface area contributed by atoms with Crippen molar-refractivity contribution in [2.45, 2.75) is 26.8 Å². The van der Waals surface area contributed by atoms with Gasteiger partial charge in [0, 0.05) is 37.8 Å². The number of nitrogens with one attached hydrogen (secondary N) is 1. The van der Waals surface area contributed by atoms with E-state index in [2.05, 4.69) is 31.0 Å². The highest BCUT2D eigenvalue weighted by Crippen LogP contribution is 2.39. The Labute approximate surface area is 138 Å². The zero-order chi connectivity index (χ0) is 14.0. The smallest absolute Gasteiger partial charge is 0.163 e. The van der Waals surface area contributed by atoms with Gasteiger partial charge in [-0.05, 0) is 11.5 Å². The topological polar surface area (TPSA) is 15.3 Å². The Morgan fingerprint density at radius 2 is 1.67 bits per heavy atom. The standard InChI is InChI=1S/C15H22F2N2.2ClH/c1-15(2,3)14(19-9-7-18-8-10-19)11-5-4-6-12(16)13(11)17;;/h4-6,14,18H,7-10H2,1-3H3;2*1H/t14-;;/m1../s1. The first kappa shape index (κ1) is 20.6. The van der Waals surface area contributed by atoms with Crippen LogP contribution in [0.3, 0.4) is 0 Å². The molecule has 1 N–H and O–H groups in total. The summed E-state index contributed by atoms with van der Waals surface area (Å²) in [5, 5.41) is 3.29. The Morgan fingerprint density at radius 1 is 1.10 bits per heavy atom. The molecule has 0 saturated carbocycles. The summed E-state index contributed by atoms with van der Waals surface area (Å²) >= 11 is 0. The van der Waals surface area contributed by atoms with Crippen molar-refractivity contribution in [2.75, 3.05) is 26.2 Å². The normalized spacial score (nSPS) is 17.6. The van der Waals surface area contributed by atoms with Gasteiger partial charge in [-0.1, -0.05) is 32.9 Å². The molecule has 1 saturated heterocycles. The maximum absolute atomic E-state index is 14.1. The van der Waals surface area contributed by atoms with Gasteiger partial charge in [0.1, 0.15) is 0 Å². The van der Waals surface area contributed by atoms with E-state index in [1.54, 1.807) is 12.1 Å². The molecule has 1 heterocycles. The molecule has 122 valence electrons. The van der Waals surface area contributed by atoms with Gasteiger partial charge < -0.3 is 5.32 Å². The molecule has 21 heavy (non-hydrogen) atoms. The predicted octanol–water partition coefficient (Wildman–Crippen LogP) is 3.80. The molecule has 1 fully saturated rings. The van der Waals surface area contributed by atoms with Crippen molar-refractivity contribution in [1.29, 1.82) is 0 Å². The summed E-state index contributed by atoms with van der Waals surface area (Å²) in [6, 6.07) is 4.37. The number of rotatable bonds is 2. The Bertz CT molecular complexity index is 444. The van der Waals surface area contributed by atoms with E-state index in [0.717, 1.165) is 26.2 Å². The molecular formula is C15H24Cl2F2N2. The fraction of sp³-hybridized carbons (Fsp3) is 0.600. The summed E-state index contributed by atoms with van der Waals surface area (Å²) < 4.78 is 27.6. The van der Waals surface area contributed by atoms with Crippen LogP contribution in [-0.4, -0.2) is 31.1 Å². The SMILES string of the molecule is CC(C)(C)[C@@H](c1cccc(F)c1F)N1CCNCC1.Cl.Cl. The van der Waals surface area contributed by atoms with Crippen molar-refractivity contribution < 1.29 is 8.78 Å². The lowest BCUT2D eigenvalue weighted by Crippen LogP contribution is -2.48. The third-order valence-electron chi connectivity index (χ3n) is 3.61. The number of benzene rings is 1. The quantitative estimate of drug-likeness (QED) is 0.880. The van der Waals surface area contributed by atoms with Crippen LogP contribution in [0, 0.1) is 17.0 Å². The first-order chi connectivity index (χ1) is 8.91. The van der Waals surface area contributed by atoms with Gasteiger partial charge in [-0.3, -0.25) is 4.90 Å². The highest BCUT2D eigenvalue weighted by atomic mass is 35.5. The first-order valence-electron chi connectivity index (χ1n) is 6.80. The van der Waals surface area contributed by atoms with Crippen LogP contribution in [0.25, 0.3) is 0 Å². The number of piperazine rings is 1. The molecule has 0 spiro atoms. The van der Waals surface area contributed by atoms with Crippen LogP contribution in [-0.2, 0) is 0 Å². The van der Waals surface area contributed by atoms with Crippen LogP contribution in [0.2, 0.25) is 0 Å². The minimum atomic E-state index is -0.762. The second-order valence-electron chi connectivity index (χ2n) is 6.20. The van der Waals surface area contributed by atoms with Crippen LogP contribution in [0.4, 0.5) is 8.78 Å². The average Bonchev–Trinajstić information content (AvgIpc) is 2.35. The van der Waals surface area contributed by atoms with Crippen molar-refractivity contribution in [3.8, 4) is 0 Å². The lowest BCUT2D eigenvalue weighted by Gasteiger charge is -2.42. The number of halogens is 4. The Balaban J connectivity index is 0.00000200. The molecule has 0 radical (unpaired) electrons. The van der Waals surface area contributed by atoms with E-state index in [1.165, 1.54) is 6.07 Å². The predicted molar refractivity (Wildman–Crippen MR) is 87.5 cm³/mol. The lowest BCUT2D eigenvalue weighted by molar-refractivity contribution is 0.0829. The molecule has 0 amide bonds. The van der Waals surface area contributed by atoms with Gasteiger partial charge in [0.2, 0.25) is 0 Å². The lowest BCUT2D eigenvalue weighted by atomic mass is 9.80. The largest absolute Gasteiger partial charge is 0.314 e. The van der Waals surface area contributed by atoms with Gasteiger partial charge in [0.15, 0.2) is 11.6 Å². The van der Waals surface area contributed by atoms with Crippen molar-refractivity contribution in [2.24, 2.45) is 5.41 Å². The number of hydrogen-bond acceptors (Lipinski definition) is 2. The van der Waals surface area contributed by atoms with Crippen molar-refractivity contribution >= 4 is 24.8 Å². The van der Waals surface area contributed by atoms with E-state index in [-0.39, 0.29) is 36.3 Å². The Kier molecular flexibility index (Phi) is 8.11. The van der Waals surface area contributed by atoms with Crippen molar-refractivity contribution in [3.63, 3.8) is 0 Å². The second-order valence-corrected chi connectivity index (χ2v) is 6.20. The average molecular weight is 341 g/mol. The summed E-state index contributed by atoms with van der Waals surface area (Å²) in [4.78, 5) is 2.24. The van der Waals surface area contributed by atoms with E-state index in [1.807, 2.05) is 0 Å². The molecule has 0 aliphatic carbocycles. The molecule has 0 bridgehead atoms. The Hall–Kier alpha value is -0.420. The minimum Gasteiger partial charge on any atom is -0.314 e. The van der Waals surface area contributed by atoms with E-state index >= 15 is 0 Å². The molecule has 2 nitrogen and oxygen atoms in total. The fourth-order valence-corrected chi connectivity index (χ4v) is 2.88. The first-order valence-corrected chi connectivity index (χ1v) is 6.80. The third-order valence-corrected chi connectivity index (χ3v) is 3.61. The minimum absolute atomic E-state index is 0. The Morgan fingerprint density at radius 3 is 2.19 bits per heavy atom. The van der Waals surface area contributed by atoms with Gasteiger partial charge in [0.25, 0.3) is 0 Å². The molecular weight excluding hydrogens is 317 g/mol. The molecule has 0 unspecified atom stereocenters. The summed E-state index contributed by atoms with van der Waals surface area (Å²) in [5.74, 6) is -1.47. The second kappa shape index (κ2) is 8.28. The summed E-state index contributed by atoms with van der Waals surface area (Å²) in [7, 11) is 0. The van der Waals surface area contributed by atoms with Gasteiger partial charge in [0.05, 0.1) is 0 Å².